The van der Waals surface area contributed by atoms with Crippen LogP contribution in [0.25, 0.3) is 0 Å². The molecule has 5 heteroatoms. The van der Waals surface area contributed by atoms with Gasteiger partial charge in [-0.15, -0.1) is 11.6 Å². The van der Waals surface area contributed by atoms with Gasteiger partial charge >= 0.3 is 0 Å². The molecule has 2 rings (SSSR count). The highest BCUT2D eigenvalue weighted by atomic mass is 35.5. The van der Waals surface area contributed by atoms with E-state index in [1.807, 2.05) is 0 Å². The fraction of sp³-hybridized carbons (Fsp3) is 0.143. The molecule has 2 aromatic rings. The molecule has 0 radical (unpaired) electrons. The summed E-state index contributed by atoms with van der Waals surface area (Å²) in [5.74, 6) is -2.01. The standard InChI is InChI=1S/C14H9Cl2F3/c1-7-5-12(18)9(6-11(7)17)13(16)8-3-2-4-10(15)14(8)19/h2-6,13H,1H3. The molecule has 0 spiro atoms. The van der Waals surface area contributed by atoms with Crippen LogP contribution in [0.2, 0.25) is 5.02 Å². The zero-order valence-corrected chi connectivity index (χ0v) is 11.4. The van der Waals surface area contributed by atoms with Crippen LogP contribution in [0.1, 0.15) is 22.1 Å². The third-order valence-electron chi connectivity index (χ3n) is 2.81. The van der Waals surface area contributed by atoms with E-state index < -0.39 is 22.8 Å². The number of alkyl halides is 1. The van der Waals surface area contributed by atoms with Gasteiger partial charge in [-0.3, -0.25) is 0 Å². The Kier molecular flexibility index (Phi) is 4.07. The van der Waals surface area contributed by atoms with Crippen LogP contribution < -0.4 is 0 Å². The van der Waals surface area contributed by atoms with Crippen LogP contribution in [0.3, 0.4) is 0 Å². The van der Waals surface area contributed by atoms with Gasteiger partial charge in [-0.1, -0.05) is 23.7 Å². The number of hydrogen-bond acceptors (Lipinski definition) is 0. The van der Waals surface area contributed by atoms with Gasteiger partial charge in [0.25, 0.3) is 0 Å². The lowest BCUT2D eigenvalue weighted by molar-refractivity contribution is 0.574. The molecule has 1 unspecified atom stereocenters. The van der Waals surface area contributed by atoms with E-state index in [1.54, 1.807) is 0 Å². The van der Waals surface area contributed by atoms with E-state index in [2.05, 4.69) is 0 Å². The molecule has 0 aromatic heterocycles. The third-order valence-corrected chi connectivity index (χ3v) is 3.57. The predicted molar refractivity (Wildman–Crippen MR) is 70.2 cm³/mol. The van der Waals surface area contributed by atoms with Crippen molar-refractivity contribution in [3.05, 3.63) is 69.5 Å². The lowest BCUT2D eigenvalue weighted by Gasteiger charge is -2.14. The Balaban J connectivity index is 2.53. The van der Waals surface area contributed by atoms with Crippen molar-refractivity contribution >= 4 is 23.2 Å². The van der Waals surface area contributed by atoms with Crippen molar-refractivity contribution in [2.75, 3.05) is 0 Å². The summed E-state index contributed by atoms with van der Waals surface area (Å²) in [7, 11) is 0. The summed E-state index contributed by atoms with van der Waals surface area (Å²) in [6, 6.07) is 6.25. The van der Waals surface area contributed by atoms with Crippen LogP contribution in [0, 0.1) is 24.4 Å². The highest BCUT2D eigenvalue weighted by Gasteiger charge is 2.21. The number of halogens is 5. The van der Waals surface area contributed by atoms with Crippen LogP contribution in [-0.4, -0.2) is 0 Å². The van der Waals surface area contributed by atoms with Gasteiger partial charge in [0.05, 0.1) is 10.4 Å². The zero-order valence-electron chi connectivity index (χ0n) is 9.85. The van der Waals surface area contributed by atoms with Crippen molar-refractivity contribution in [3.8, 4) is 0 Å². The molecule has 0 aliphatic heterocycles. The Morgan fingerprint density at radius 2 is 1.68 bits per heavy atom. The Labute approximate surface area is 118 Å². The van der Waals surface area contributed by atoms with Crippen molar-refractivity contribution in [2.24, 2.45) is 0 Å². The van der Waals surface area contributed by atoms with Gasteiger partial charge in [0.15, 0.2) is 0 Å². The molecule has 0 N–H and O–H groups in total. The maximum absolute atomic E-state index is 13.8. The molecule has 0 aliphatic carbocycles. The molecule has 0 fully saturated rings. The van der Waals surface area contributed by atoms with Crippen molar-refractivity contribution in [1.82, 2.24) is 0 Å². The largest absolute Gasteiger partial charge is 0.207 e. The van der Waals surface area contributed by atoms with E-state index >= 15 is 0 Å². The fourth-order valence-corrected chi connectivity index (χ4v) is 2.26. The first-order valence-corrected chi connectivity index (χ1v) is 6.26. The highest BCUT2D eigenvalue weighted by Crippen LogP contribution is 2.35. The van der Waals surface area contributed by atoms with Crippen LogP contribution in [0.15, 0.2) is 30.3 Å². The summed E-state index contributed by atoms with van der Waals surface area (Å²) < 4.78 is 41.1. The number of rotatable bonds is 2. The Morgan fingerprint density at radius 3 is 2.37 bits per heavy atom. The van der Waals surface area contributed by atoms with E-state index in [4.69, 9.17) is 23.2 Å². The summed E-state index contributed by atoms with van der Waals surface area (Å²) in [5.41, 5.74) is 0.0546. The Bertz CT molecular complexity index is 626. The van der Waals surface area contributed by atoms with Crippen LogP contribution in [0.5, 0.6) is 0 Å². The minimum absolute atomic E-state index is 0.0105. The van der Waals surface area contributed by atoms with Crippen molar-refractivity contribution < 1.29 is 13.2 Å². The smallest absolute Gasteiger partial charge is 0.146 e. The average Bonchev–Trinajstić information content (AvgIpc) is 2.36. The maximum Gasteiger partial charge on any atom is 0.146 e. The minimum atomic E-state index is -1.14. The summed E-state index contributed by atoms with van der Waals surface area (Å²) in [6.07, 6.45) is 0. The quantitative estimate of drug-likeness (QED) is 0.652. The van der Waals surface area contributed by atoms with Gasteiger partial charge in [-0.2, -0.15) is 0 Å². The molecule has 19 heavy (non-hydrogen) atoms. The molecule has 0 heterocycles. The molecule has 2 aromatic carbocycles. The Morgan fingerprint density at radius 1 is 1.00 bits per heavy atom. The zero-order chi connectivity index (χ0) is 14.2. The first-order valence-electron chi connectivity index (χ1n) is 5.45. The second-order valence-corrected chi connectivity index (χ2v) is 4.97. The van der Waals surface area contributed by atoms with Gasteiger partial charge in [-0.25, -0.2) is 13.2 Å². The van der Waals surface area contributed by atoms with Gasteiger partial charge in [-0.05, 0) is 30.7 Å². The normalized spacial score (nSPS) is 12.5. The average molecular weight is 305 g/mol. The second-order valence-electron chi connectivity index (χ2n) is 4.13. The van der Waals surface area contributed by atoms with E-state index in [-0.39, 0.29) is 21.7 Å². The summed E-state index contributed by atoms with van der Waals surface area (Å²) in [4.78, 5) is 0. The van der Waals surface area contributed by atoms with Crippen LogP contribution >= 0.6 is 23.2 Å². The molecule has 100 valence electrons. The predicted octanol–water partition coefficient (Wildman–Crippen LogP) is 5.39. The summed E-state index contributed by atoms with van der Waals surface area (Å²) in [5, 5.41) is -1.26. The van der Waals surface area contributed by atoms with Gasteiger partial charge in [0.2, 0.25) is 0 Å². The fourth-order valence-electron chi connectivity index (χ4n) is 1.74. The lowest BCUT2D eigenvalue weighted by atomic mass is 10.0. The molecule has 0 saturated heterocycles. The van der Waals surface area contributed by atoms with Gasteiger partial charge in [0, 0.05) is 11.1 Å². The molecule has 1 atom stereocenters. The monoisotopic (exact) mass is 304 g/mol. The number of benzene rings is 2. The minimum Gasteiger partial charge on any atom is -0.207 e. The molecule has 0 aliphatic rings. The molecular weight excluding hydrogens is 296 g/mol. The SMILES string of the molecule is Cc1cc(F)c(C(Cl)c2cccc(Cl)c2F)cc1F. The van der Waals surface area contributed by atoms with Crippen molar-refractivity contribution in [2.45, 2.75) is 12.3 Å². The van der Waals surface area contributed by atoms with Crippen molar-refractivity contribution in [1.29, 1.82) is 0 Å². The van der Waals surface area contributed by atoms with E-state index in [1.165, 1.54) is 25.1 Å². The maximum atomic E-state index is 13.8. The van der Waals surface area contributed by atoms with Crippen LogP contribution in [0.4, 0.5) is 13.2 Å². The topological polar surface area (TPSA) is 0 Å². The molecule has 0 saturated carbocycles. The second kappa shape index (κ2) is 5.43. The third kappa shape index (κ3) is 2.72. The van der Waals surface area contributed by atoms with E-state index in [9.17, 15) is 13.2 Å². The highest BCUT2D eigenvalue weighted by molar-refractivity contribution is 6.31. The first-order chi connectivity index (χ1) is 8.91. The summed E-state index contributed by atoms with van der Waals surface area (Å²) in [6.45, 7) is 1.44. The first kappa shape index (κ1) is 14.2. The Hall–Kier alpha value is -1.19. The molecule has 0 nitrogen and oxygen atoms in total. The van der Waals surface area contributed by atoms with Gasteiger partial charge < -0.3 is 0 Å². The lowest BCUT2D eigenvalue weighted by Crippen LogP contribution is -2.02. The molecule has 0 bridgehead atoms. The van der Waals surface area contributed by atoms with E-state index in [0.717, 1.165) is 12.1 Å². The number of hydrogen-bond donors (Lipinski definition) is 0. The van der Waals surface area contributed by atoms with Crippen molar-refractivity contribution in [3.63, 3.8) is 0 Å². The summed E-state index contributed by atoms with van der Waals surface area (Å²) >= 11 is 11.7. The number of aryl methyl sites for hydroxylation is 1. The molecule has 0 amide bonds. The van der Waals surface area contributed by atoms with Crippen LogP contribution in [-0.2, 0) is 0 Å². The van der Waals surface area contributed by atoms with E-state index in [0.29, 0.717) is 0 Å². The molecular formula is C14H9Cl2F3. The van der Waals surface area contributed by atoms with Gasteiger partial charge in [0.1, 0.15) is 17.5 Å².